The fourth-order valence-corrected chi connectivity index (χ4v) is 2.45. The molecule has 0 radical (unpaired) electrons. The summed E-state index contributed by atoms with van der Waals surface area (Å²) in [4.78, 5) is 0. The normalized spacial score (nSPS) is 20.6. The van der Waals surface area contributed by atoms with Crippen molar-refractivity contribution in [3.05, 3.63) is 0 Å². The van der Waals surface area contributed by atoms with Crippen molar-refractivity contribution in [3.8, 4) is 0 Å². The van der Waals surface area contributed by atoms with E-state index in [4.69, 9.17) is 11.6 Å². The van der Waals surface area contributed by atoms with Crippen molar-refractivity contribution in [3.63, 3.8) is 0 Å². The molecule has 0 aromatic carbocycles. The van der Waals surface area contributed by atoms with E-state index in [1.807, 2.05) is 0 Å². The molecule has 0 aromatic rings. The number of rotatable bonds is 5. The van der Waals surface area contributed by atoms with Crippen molar-refractivity contribution in [2.24, 2.45) is 11.3 Å². The van der Waals surface area contributed by atoms with Crippen LogP contribution in [0.2, 0.25) is 0 Å². The van der Waals surface area contributed by atoms with Crippen LogP contribution in [-0.4, -0.2) is 18.5 Å². The first-order valence-corrected chi connectivity index (χ1v) is 6.26. The summed E-state index contributed by atoms with van der Waals surface area (Å²) >= 11 is 6.25. The number of alkyl halides is 1. The van der Waals surface area contributed by atoms with Gasteiger partial charge in [0, 0.05) is 11.9 Å². The Morgan fingerprint density at radius 1 is 1.36 bits per heavy atom. The minimum atomic E-state index is 0.287. The van der Waals surface area contributed by atoms with Crippen LogP contribution in [0.15, 0.2) is 0 Å². The van der Waals surface area contributed by atoms with Crippen LogP contribution in [-0.2, 0) is 0 Å². The van der Waals surface area contributed by atoms with Crippen molar-refractivity contribution < 1.29 is 0 Å². The van der Waals surface area contributed by atoms with Gasteiger partial charge in [0.1, 0.15) is 0 Å². The Kier molecular flexibility index (Phi) is 4.72. The van der Waals surface area contributed by atoms with Crippen molar-refractivity contribution in [1.29, 1.82) is 0 Å². The van der Waals surface area contributed by atoms with Gasteiger partial charge < -0.3 is 5.32 Å². The van der Waals surface area contributed by atoms with Gasteiger partial charge in [0.2, 0.25) is 0 Å². The molecular weight excluding hydrogens is 194 g/mol. The Hall–Kier alpha value is 0.250. The fraction of sp³-hybridized carbons (Fsp3) is 1.00. The first kappa shape index (κ1) is 12.3. The third-order valence-corrected chi connectivity index (χ3v) is 3.17. The number of halogens is 1. The van der Waals surface area contributed by atoms with Gasteiger partial charge in [-0.2, -0.15) is 0 Å². The summed E-state index contributed by atoms with van der Waals surface area (Å²) in [5, 5.41) is 3.76. The highest BCUT2D eigenvalue weighted by molar-refractivity contribution is 6.20. The first-order chi connectivity index (χ1) is 6.47. The topological polar surface area (TPSA) is 12.0 Å². The summed E-state index contributed by atoms with van der Waals surface area (Å²) in [6, 6.07) is 0. The van der Waals surface area contributed by atoms with Crippen LogP contribution in [0, 0.1) is 11.3 Å². The quantitative estimate of drug-likeness (QED) is 0.696. The molecule has 1 aliphatic rings. The minimum Gasteiger partial charge on any atom is -0.315 e. The van der Waals surface area contributed by atoms with Gasteiger partial charge in [0.15, 0.2) is 0 Å². The third kappa shape index (κ3) is 5.21. The van der Waals surface area contributed by atoms with E-state index in [0.29, 0.717) is 5.41 Å². The fourth-order valence-electron chi connectivity index (χ4n) is 1.88. The van der Waals surface area contributed by atoms with E-state index in [9.17, 15) is 0 Å². The van der Waals surface area contributed by atoms with Crippen molar-refractivity contribution >= 4 is 11.6 Å². The second-order valence-corrected chi connectivity index (χ2v) is 6.43. The predicted molar refractivity (Wildman–Crippen MR) is 63.9 cm³/mol. The highest BCUT2D eigenvalue weighted by Gasteiger charge is 2.19. The van der Waals surface area contributed by atoms with Gasteiger partial charge in [-0.05, 0) is 37.1 Å². The zero-order valence-electron chi connectivity index (χ0n) is 9.78. The summed E-state index contributed by atoms with van der Waals surface area (Å²) < 4.78 is 0. The van der Waals surface area contributed by atoms with E-state index >= 15 is 0 Å². The Bertz CT molecular complexity index is 158. The van der Waals surface area contributed by atoms with Crippen LogP contribution in [0.1, 0.15) is 46.5 Å². The summed E-state index contributed by atoms with van der Waals surface area (Å²) in [6.07, 6.45) is 5.35. The Morgan fingerprint density at radius 2 is 2.00 bits per heavy atom. The van der Waals surface area contributed by atoms with Gasteiger partial charge in [-0.25, -0.2) is 0 Å². The lowest BCUT2D eigenvalue weighted by atomic mass is 9.85. The van der Waals surface area contributed by atoms with Crippen LogP contribution >= 0.6 is 11.6 Å². The molecule has 1 fully saturated rings. The Labute approximate surface area is 93.6 Å². The zero-order chi connectivity index (χ0) is 10.6. The molecule has 1 aliphatic carbocycles. The zero-order valence-corrected chi connectivity index (χ0v) is 10.5. The largest absolute Gasteiger partial charge is 0.315 e. The standard InChI is InChI=1S/C12H24ClN/c1-12(2,3)7-11(13)9-14-8-10-5-4-6-10/h10-11,14H,4-9H2,1-3H3. The molecule has 0 aliphatic heterocycles. The molecule has 1 rings (SSSR count). The molecule has 1 nitrogen and oxygen atoms in total. The van der Waals surface area contributed by atoms with Crippen LogP contribution in [0.25, 0.3) is 0 Å². The molecule has 2 heteroatoms. The van der Waals surface area contributed by atoms with E-state index in [2.05, 4.69) is 26.1 Å². The van der Waals surface area contributed by atoms with Crippen LogP contribution in [0.4, 0.5) is 0 Å². The predicted octanol–water partition coefficient (Wildman–Crippen LogP) is 3.42. The van der Waals surface area contributed by atoms with Crippen LogP contribution in [0.5, 0.6) is 0 Å². The van der Waals surface area contributed by atoms with Gasteiger partial charge in [0.05, 0.1) is 0 Å². The number of hydrogen-bond donors (Lipinski definition) is 1. The molecule has 1 unspecified atom stereocenters. The minimum absolute atomic E-state index is 0.287. The van der Waals surface area contributed by atoms with Gasteiger partial charge in [-0.3, -0.25) is 0 Å². The molecule has 1 saturated carbocycles. The molecule has 0 amide bonds. The summed E-state index contributed by atoms with van der Waals surface area (Å²) in [5.74, 6) is 0.938. The maximum absolute atomic E-state index is 6.25. The van der Waals surface area contributed by atoms with Gasteiger partial charge in [0.25, 0.3) is 0 Å². The maximum atomic E-state index is 6.25. The molecule has 1 N–H and O–H groups in total. The average Bonchev–Trinajstić information content (AvgIpc) is 1.90. The lowest BCUT2D eigenvalue weighted by molar-refractivity contribution is 0.296. The van der Waals surface area contributed by atoms with Gasteiger partial charge in [-0.1, -0.05) is 27.2 Å². The second-order valence-electron chi connectivity index (χ2n) is 5.82. The summed E-state index contributed by atoms with van der Waals surface area (Å²) in [7, 11) is 0. The maximum Gasteiger partial charge on any atom is 0.0465 e. The second kappa shape index (κ2) is 5.37. The van der Waals surface area contributed by atoms with E-state index in [1.165, 1.54) is 25.8 Å². The molecule has 0 heterocycles. The molecule has 0 bridgehead atoms. The van der Waals surface area contributed by atoms with E-state index in [-0.39, 0.29) is 5.38 Å². The van der Waals surface area contributed by atoms with Gasteiger partial charge in [-0.15, -0.1) is 11.6 Å². The lowest BCUT2D eigenvalue weighted by Gasteiger charge is -2.27. The molecule has 0 saturated heterocycles. The van der Waals surface area contributed by atoms with E-state index < -0.39 is 0 Å². The van der Waals surface area contributed by atoms with Crippen LogP contribution in [0.3, 0.4) is 0 Å². The van der Waals surface area contributed by atoms with Crippen molar-refractivity contribution in [2.45, 2.75) is 51.8 Å². The summed E-state index contributed by atoms with van der Waals surface area (Å²) in [5.41, 5.74) is 0.352. The highest BCUT2D eigenvalue weighted by atomic mass is 35.5. The SMILES string of the molecule is CC(C)(C)CC(Cl)CNCC1CCC1. The average molecular weight is 218 g/mol. The molecule has 1 atom stereocenters. The third-order valence-electron chi connectivity index (χ3n) is 2.86. The van der Waals surface area contributed by atoms with E-state index in [0.717, 1.165) is 18.9 Å². The Morgan fingerprint density at radius 3 is 2.43 bits per heavy atom. The first-order valence-electron chi connectivity index (χ1n) is 5.82. The van der Waals surface area contributed by atoms with Gasteiger partial charge >= 0.3 is 0 Å². The lowest BCUT2D eigenvalue weighted by Crippen LogP contribution is -2.32. The number of nitrogens with one attached hydrogen (secondary N) is 1. The molecule has 84 valence electrons. The van der Waals surface area contributed by atoms with Crippen molar-refractivity contribution in [2.75, 3.05) is 13.1 Å². The Balaban J connectivity index is 1.99. The highest BCUT2D eigenvalue weighted by Crippen LogP contribution is 2.26. The molecule has 14 heavy (non-hydrogen) atoms. The molecule has 0 spiro atoms. The van der Waals surface area contributed by atoms with Crippen LogP contribution < -0.4 is 5.32 Å². The molecule has 0 aromatic heterocycles. The summed E-state index contributed by atoms with van der Waals surface area (Å²) in [6.45, 7) is 8.87. The monoisotopic (exact) mass is 217 g/mol. The molecular formula is C12H24ClN. The smallest absolute Gasteiger partial charge is 0.0465 e. The van der Waals surface area contributed by atoms with Crippen molar-refractivity contribution in [1.82, 2.24) is 5.32 Å². The number of hydrogen-bond acceptors (Lipinski definition) is 1. The van der Waals surface area contributed by atoms with E-state index in [1.54, 1.807) is 0 Å².